The minimum absolute atomic E-state index is 0.546. The van der Waals surface area contributed by atoms with Crippen molar-refractivity contribution in [2.75, 3.05) is 37.7 Å². The molecule has 1 heterocycles. The molecule has 3 heteroatoms. The fourth-order valence-corrected chi connectivity index (χ4v) is 3.19. The lowest BCUT2D eigenvalue weighted by atomic mass is 10.0. The van der Waals surface area contributed by atoms with Crippen molar-refractivity contribution >= 4 is 5.69 Å². The monoisotopic (exact) mass is 288 g/mol. The molecule has 1 saturated heterocycles. The van der Waals surface area contributed by atoms with Crippen molar-refractivity contribution < 1.29 is 4.74 Å². The van der Waals surface area contributed by atoms with Crippen molar-refractivity contribution in [3.8, 4) is 5.75 Å². The number of benzene rings is 1. The van der Waals surface area contributed by atoms with Crippen LogP contribution in [0.25, 0.3) is 0 Å². The highest BCUT2D eigenvalue weighted by molar-refractivity contribution is 5.60. The molecule has 1 aliphatic heterocycles. The van der Waals surface area contributed by atoms with Crippen LogP contribution >= 0.6 is 0 Å². The van der Waals surface area contributed by atoms with E-state index in [1.54, 1.807) is 0 Å². The molecule has 0 atom stereocenters. The Kier molecular flexibility index (Phi) is 4.39. The number of piperazine rings is 1. The molecule has 0 radical (unpaired) electrons. The van der Waals surface area contributed by atoms with Crippen molar-refractivity contribution in [1.82, 2.24) is 4.90 Å². The SMILES string of the molecule is CCOc1cc(C(C)C)ccc1N1CCN(C2CC2)CC1. The smallest absolute Gasteiger partial charge is 0.142 e. The number of nitrogens with zero attached hydrogens (tertiary/aromatic N) is 2. The third-order valence-electron chi connectivity index (χ3n) is 4.67. The van der Waals surface area contributed by atoms with E-state index in [1.165, 1.54) is 37.2 Å². The molecule has 21 heavy (non-hydrogen) atoms. The Morgan fingerprint density at radius 2 is 1.86 bits per heavy atom. The Balaban J connectivity index is 1.74. The van der Waals surface area contributed by atoms with Crippen LogP contribution in [0.2, 0.25) is 0 Å². The Labute approximate surface area is 128 Å². The molecule has 116 valence electrons. The van der Waals surface area contributed by atoms with Gasteiger partial charge in [-0.2, -0.15) is 0 Å². The second-order valence-electron chi connectivity index (χ2n) is 6.57. The van der Waals surface area contributed by atoms with Gasteiger partial charge in [0.05, 0.1) is 12.3 Å². The molecule has 1 saturated carbocycles. The van der Waals surface area contributed by atoms with Crippen molar-refractivity contribution in [1.29, 1.82) is 0 Å². The van der Waals surface area contributed by atoms with E-state index in [2.05, 4.69) is 48.8 Å². The van der Waals surface area contributed by atoms with E-state index in [0.29, 0.717) is 5.92 Å². The number of ether oxygens (including phenoxy) is 1. The van der Waals surface area contributed by atoms with E-state index < -0.39 is 0 Å². The second kappa shape index (κ2) is 6.27. The Morgan fingerprint density at radius 1 is 1.14 bits per heavy atom. The lowest BCUT2D eigenvalue weighted by molar-refractivity contribution is 0.247. The van der Waals surface area contributed by atoms with Crippen molar-refractivity contribution in [3.63, 3.8) is 0 Å². The molecule has 1 aromatic rings. The molecule has 0 amide bonds. The van der Waals surface area contributed by atoms with Gasteiger partial charge < -0.3 is 9.64 Å². The Morgan fingerprint density at radius 3 is 2.43 bits per heavy atom. The summed E-state index contributed by atoms with van der Waals surface area (Å²) in [6.07, 6.45) is 2.82. The zero-order valence-electron chi connectivity index (χ0n) is 13.6. The van der Waals surface area contributed by atoms with Gasteiger partial charge in [0.15, 0.2) is 0 Å². The van der Waals surface area contributed by atoms with Crippen molar-refractivity contribution in [2.45, 2.75) is 45.6 Å². The molecule has 1 aliphatic carbocycles. The highest BCUT2D eigenvalue weighted by atomic mass is 16.5. The summed E-state index contributed by atoms with van der Waals surface area (Å²) in [5, 5.41) is 0. The van der Waals surface area contributed by atoms with Gasteiger partial charge in [-0.05, 0) is 43.4 Å². The molecule has 0 N–H and O–H groups in total. The van der Waals surface area contributed by atoms with Gasteiger partial charge in [-0.25, -0.2) is 0 Å². The topological polar surface area (TPSA) is 15.7 Å². The fraction of sp³-hybridized carbons (Fsp3) is 0.667. The molecular formula is C18H28N2O. The van der Waals surface area contributed by atoms with Gasteiger partial charge >= 0.3 is 0 Å². The summed E-state index contributed by atoms with van der Waals surface area (Å²) in [7, 11) is 0. The molecular weight excluding hydrogens is 260 g/mol. The first-order valence-electron chi connectivity index (χ1n) is 8.44. The van der Waals surface area contributed by atoms with Crippen molar-refractivity contribution in [2.24, 2.45) is 0 Å². The minimum Gasteiger partial charge on any atom is -0.492 e. The summed E-state index contributed by atoms with van der Waals surface area (Å²) >= 11 is 0. The molecule has 1 aromatic carbocycles. The van der Waals surface area contributed by atoms with Gasteiger partial charge in [-0.1, -0.05) is 19.9 Å². The standard InChI is InChI=1S/C18H28N2O/c1-4-21-18-13-15(14(2)3)5-8-17(18)20-11-9-19(10-12-20)16-6-7-16/h5,8,13-14,16H,4,6-7,9-12H2,1-3H3. The third kappa shape index (κ3) is 3.34. The van der Waals surface area contributed by atoms with Crippen LogP contribution < -0.4 is 9.64 Å². The summed E-state index contributed by atoms with van der Waals surface area (Å²) in [5.41, 5.74) is 2.63. The van der Waals surface area contributed by atoms with Crippen LogP contribution in [0.15, 0.2) is 18.2 Å². The second-order valence-corrected chi connectivity index (χ2v) is 6.57. The normalized spacial score (nSPS) is 20.1. The van der Waals surface area contributed by atoms with Crippen LogP contribution in [0.4, 0.5) is 5.69 Å². The number of hydrogen-bond acceptors (Lipinski definition) is 3. The third-order valence-corrected chi connectivity index (χ3v) is 4.67. The highest BCUT2D eigenvalue weighted by Crippen LogP contribution is 2.34. The van der Waals surface area contributed by atoms with E-state index >= 15 is 0 Å². The fourth-order valence-electron chi connectivity index (χ4n) is 3.19. The average molecular weight is 288 g/mol. The van der Waals surface area contributed by atoms with Crippen LogP contribution in [0.3, 0.4) is 0 Å². The zero-order valence-corrected chi connectivity index (χ0v) is 13.6. The van der Waals surface area contributed by atoms with Crippen LogP contribution in [-0.2, 0) is 0 Å². The first-order chi connectivity index (χ1) is 10.2. The predicted molar refractivity (Wildman–Crippen MR) is 88.5 cm³/mol. The summed E-state index contributed by atoms with van der Waals surface area (Å²) in [4.78, 5) is 5.15. The van der Waals surface area contributed by atoms with Crippen LogP contribution in [0, 0.1) is 0 Å². The van der Waals surface area contributed by atoms with E-state index in [-0.39, 0.29) is 0 Å². The molecule has 0 bridgehead atoms. The summed E-state index contributed by atoms with van der Waals surface area (Å²) in [6, 6.07) is 7.64. The maximum atomic E-state index is 5.91. The molecule has 3 rings (SSSR count). The van der Waals surface area contributed by atoms with Crippen LogP contribution in [-0.4, -0.2) is 43.7 Å². The maximum absolute atomic E-state index is 5.91. The summed E-state index contributed by atoms with van der Waals surface area (Å²) in [5.74, 6) is 1.61. The number of rotatable bonds is 5. The Bertz CT molecular complexity index is 474. The maximum Gasteiger partial charge on any atom is 0.142 e. The molecule has 0 aromatic heterocycles. The lowest BCUT2D eigenvalue weighted by Gasteiger charge is -2.37. The summed E-state index contributed by atoms with van der Waals surface area (Å²) in [6.45, 7) is 11.9. The van der Waals surface area contributed by atoms with E-state index in [1.807, 2.05) is 0 Å². The highest BCUT2D eigenvalue weighted by Gasteiger charge is 2.31. The quantitative estimate of drug-likeness (QED) is 0.825. The number of anilines is 1. The van der Waals surface area contributed by atoms with Crippen LogP contribution in [0.1, 0.15) is 45.1 Å². The molecule has 0 spiro atoms. The van der Waals surface area contributed by atoms with Crippen molar-refractivity contribution in [3.05, 3.63) is 23.8 Å². The van der Waals surface area contributed by atoms with Gasteiger partial charge in [0.2, 0.25) is 0 Å². The molecule has 0 unspecified atom stereocenters. The molecule has 2 fully saturated rings. The number of hydrogen-bond donors (Lipinski definition) is 0. The van der Waals surface area contributed by atoms with Gasteiger partial charge in [0.1, 0.15) is 5.75 Å². The van der Waals surface area contributed by atoms with E-state index in [0.717, 1.165) is 31.5 Å². The van der Waals surface area contributed by atoms with Gasteiger partial charge in [0.25, 0.3) is 0 Å². The largest absolute Gasteiger partial charge is 0.492 e. The first kappa shape index (κ1) is 14.7. The van der Waals surface area contributed by atoms with Gasteiger partial charge in [-0.15, -0.1) is 0 Å². The Hall–Kier alpha value is -1.22. The van der Waals surface area contributed by atoms with E-state index in [9.17, 15) is 0 Å². The predicted octanol–water partition coefficient (Wildman–Crippen LogP) is 3.49. The van der Waals surface area contributed by atoms with E-state index in [4.69, 9.17) is 4.74 Å². The van der Waals surface area contributed by atoms with Crippen LogP contribution in [0.5, 0.6) is 5.75 Å². The summed E-state index contributed by atoms with van der Waals surface area (Å²) < 4.78 is 5.91. The average Bonchev–Trinajstić information content (AvgIpc) is 3.32. The molecule has 2 aliphatic rings. The zero-order chi connectivity index (χ0) is 14.8. The molecule has 3 nitrogen and oxygen atoms in total. The van der Waals surface area contributed by atoms with Gasteiger partial charge in [0, 0.05) is 32.2 Å². The lowest BCUT2D eigenvalue weighted by Crippen LogP contribution is -2.47. The van der Waals surface area contributed by atoms with Gasteiger partial charge in [-0.3, -0.25) is 4.90 Å². The minimum atomic E-state index is 0.546. The first-order valence-corrected chi connectivity index (χ1v) is 8.44.